The Labute approximate surface area is 286 Å². The molecule has 0 unspecified atom stereocenters. The Kier molecular flexibility index (Phi) is 10.3. The van der Waals surface area contributed by atoms with Crippen LogP contribution < -0.4 is 29.1 Å². The van der Waals surface area contributed by atoms with Gasteiger partial charge in [-0.15, -0.1) is 0 Å². The van der Waals surface area contributed by atoms with E-state index in [-0.39, 0.29) is 24.3 Å². The molecule has 0 amide bonds. The van der Waals surface area contributed by atoms with Crippen molar-refractivity contribution in [1.82, 2.24) is 4.57 Å². The number of thiazole rings is 1. The van der Waals surface area contributed by atoms with Crippen LogP contribution >= 0.6 is 62.1 Å². The van der Waals surface area contributed by atoms with Crippen molar-refractivity contribution < 1.29 is 23.7 Å². The van der Waals surface area contributed by atoms with Crippen molar-refractivity contribution in [3.05, 3.63) is 116 Å². The van der Waals surface area contributed by atoms with Gasteiger partial charge < -0.3 is 18.9 Å². The zero-order valence-electron chi connectivity index (χ0n) is 24.5. The van der Waals surface area contributed by atoms with Gasteiger partial charge in [0.25, 0.3) is 5.56 Å². The Bertz CT molecular complexity index is 2020. The number of nitrogens with zero attached hydrogens (tertiary/aromatic N) is 2. The highest BCUT2D eigenvalue weighted by molar-refractivity contribution is 9.10. The summed E-state index contributed by atoms with van der Waals surface area (Å²) in [6, 6.07) is 13.0. The van der Waals surface area contributed by atoms with Crippen LogP contribution in [0.4, 0.5) is 0 Å². The van der Waals surface area contributed by atoms with Crippen LogP contribution in [0, 0.1) is 0 Å². The second kappa shape index (κ2) is 14.0. The first-order valence-corrected chi connectivity index (χ1v) is 16.3. The quantitative estimate of drug-likeness (QED) is 0.169. The molecule has 8 nitrogen and oxygen atoms in total. The Morgan fingerprint density at radius 3 is 2.44 bits per heavy atom. The van der Waals surface area contributed by atoms with E-state index in [2.05, 4.69) is 20.9 Å². The molecule has 1 aliphatic rings. The number of carbonyl (C=O) groups is 1. The lowest BCUT2D eigenvalue weighted by Gasteiger charge is -2.26. The van der Waals surface area contributed by atoms with E-state index < -0.39 is 12.0 Å². The lowest BCUT2D eigenvalue weighted by Crippen LogP contribution is -2.40. The Morgan fingerprint density at radius 2 is 1.76 bits per heavy atom. The number of allylic oxidation sites excluding steroid dienone is 1. The summed E-state index contributed by atoms with van der Waals surface area (Å²) in [5.41, 5.74) is 2.28. The van der Waals surface area contributed by atoms with E-state index >= 15 is 0 Å². The van der Waals surface area contributed by atoms with Gasteiger partial charge >= 0.3 is 5.97 Å². The fraction of sp³-hybridized carbons (Fsp3) is 0.219. The summed E-state index contributed by atoms with van der Waals surface area (Å²) in [5, 5.41) is 1.33. The molecule has 5 rings (SSSR count). The third-order valence-corrected chi connectivity index (χ3v) is 9.60. The van der Waals surface area contributed by atoms with E-state index in [4.69, 9.17) is 53.8 Å². The van der Waals surface area contributed by atoms with Gasteiger partial charge in [-0.3, -0.25) is 9.36 Å². The summed E-state index contributed by atoms with van der Waals surface area (Å²) in [5.74, 6) is 0.832. The van der Waals surface area contributed by atoms with Gasteiger partial charge in [-0.05, 0) is 73.5 Å². The van der Waals surface area contributed by atoms with Gasteiger partial charge in [0.2, 0.25) is 0 Å². The van der Waals surface area contributed by atoms with Crippen molar-refractivity contribution in [2.24, 2.45) is 4.99 Å². The molecule has 0 fully saturated rings. The average Bonchev–Trinajstić information content (AvgIpc) is 3.31. The molecular formula is C32H26BrCl3N2O6S. The van der Waals surface area contributed by atoms with Gasteiger partial charge in [-0.25, -0.2) is 9.79 Å². The number of hydrogen-bond donors (Lipinski definition) is 0. The molecule has 0 aliphatic carbocycles. The van der Waals surface area contributed by atoms with Crippen molar-refractivity contribution >= 4 is 74.1 Å². The number of ether oxygens (including phenoxy) is 4. The van der Waals surface area contributed by atoms with Gasteiger partial charge in [-0.2, -0.15) is 0 Å². The Morgan fingerprint density at radius 1 is 1.02 bits per heavy atom. The number of methoxy groups -OCH3 is 2. The summed E-state index contributed by atoms with van der Waals surface area (Å²) in [6.07, 6.45) is 1.70. The predicted octanol–water partition coefficient (Wildman–Crippen LogP) is 7.12. The maximum atomic E-state index is 14.2. The number of halogens is 4. The molecule has 1 atom stereocenters. The summed E-state index contributed by atoms with van der Waals surface area (Å²) in [7, 11) is 3.04. The fourth-order valence-electron chi connectivity index (χ4n) is 4.86. The summed E-state index contributed by atoms with van der Waals surface area (Å²) in [4.78, 5) is 32.6. The molecule has 0 saturated carbocycles. The first-order valence-electron chi connectivity index (χ1n) is 13.5. The third-order valence-electron chi connectivity index (χ3n) is 6.95. The highest BCUT2D eigenvalue weighted by Gasteiger charge is 2.35. The van der Waals surface area contributed by atoms with Crippen molar-refractivity contribution in [3.8, 4) is 17.2 Å². The van der Waals surface area contributed by atoms with E-state index in [1.807, 2.05) is 6.07 Å². The smallest absolute Gasteiger partial charge is 0.338 e. The van der Waals surface area contributed by atoms with Crippen LogP contribution in [0.2, 0.25) is 15.1 Å². The van der Waals surface area contributed by atoms with E-state index in [1.165, 1.54) is 30.1 Å². The number of rotatable bonds is 9. The topological polar surface area (TPSA) is 88.4 Å². The average molecular weight is 753 g/mol. The molecule has 0 N–H and O–H groups in total. The van der Waals surface area contributed by atoms with E-state index in [0.29, 0.717) is 62.9 Å². The molecule has 3 aromatic carbocycles. The molecule has 4 aromatic rings. The van der Waals surface area contributed by atoms with Gasteiger partial charge in [0.05, 0.1) is 52.7 Å². The van der Waals surface area contributed by atoms with Crippen molar-refractivity contribution in [2.45, 2.75) is 26.5 Å². The maximum absolute atomic E-state index is 14.2. The summed E-state index contributed by atoms with van der Waals surface area (Å²) < 4.78 is 25.0. The molecule has 2 heterocycles. The van der Waals surface area contributed by atoms with Crippen LogP contribution in [0.5, 0.6) is 17.2 Å². The molecule has 13 heteroatoms. The molecular weight excluding hydrogens is 727 g/mol. The van der Waals surface area contributed by atoms with Crippen molar-refractivity contribution in [3.63, 3.8) is 0 Å². The van der Waals surface area contributed by atoms with Crippen LogP contribution in [-0.4, -0.2) is 31.4 Å². The monoisotopic (exact) mass is 750 g/mol. The predicted molar refractivity (Wildman–Crippen MR) is 180 cm³/mol. The van der Waals surface area contributed by atoms with Crippen molar-refractivity contribution in [2.75, 3.05) is 20.8 Å². The largest absolute Gasteiger partial charge is 0.493 e. The highest BCUT2D eigenvalue weighted by atomic mass is 79.9. The van der Waals surface area contributed by atoms with Crippen LogP contribution in [0.25, 0.3) is 6.08 Å². The second-order valence-electron chi connectivity index (χ2n) is 9.75. The second-order valence-corrected chi connectivity index (χ2v) is 12.9. The maximum Gasteiger partial charge on any atom is 0.338 e. The third kappa shape index (κ3) is 6.80. The molecule has 0 bridgehead atoms. The number of fused-ring (bicyclic) bond motifs is 1. The minimum absolute atomic E-state index is 0.152. The van der Waals surface area contributed by atoms with Crippen LogP contribution in [0.1, 0.15) is 36.6 Å². The number of esters is 1. The van der Waals surface area contributed by atoms with Gasteiger partial charge in [0, 0.05) is 15.1 Å². The summed E-state index contributed by atoms with van der Waals surface area (Å²) in [6.45, 7) is 3.79. The fourth-order valence-corrected chi connectivity index (χ4v) is 6.94. The molecule has 1 aliphatic heterocycles. The minimum atomic E-state index is -0.874. The Balaban J connectivity index is 1.66. The number of aromatic nitrogens is 1. The van der Waals surface area contributed by atoms with E-state index in [0.717, 1.165) is 5.56 Å². The van der Waals surface area contributed by atoms with Gasteiger partial charge in [0.15, 0.2) is 16.3 Å². The minimum Gasteiger partial charge on any atom is -0.493 e. The van der Waals surface area contributed by atoms with E-state index in [9.17, 15) is 9.59 Å². The number of hydrogen-bond acceptors (Lipinski definition) is 8. The molecule has 0 spiro atoms. The molecule has 1 aromatic heterocycles. The molecule has 0 saturated heterocycles. The van der Waals surface area contributed by atoms with Gasteiger partial charge in [0.1, 0.15) is 12.4 Å². The van der Waals surface area contributed by atoms with Crippen LogP contribution in [-0.2, 0) is 16.1 Å². The molecule has 234 valence electrons. The van der Waals surface area contributed by atoms with Crippen LogP contribution in [0.3, 0.4) is 0 Å². The zero-order valence-corrected chi connectivity index (χ0v) is 29.1. The van der Waals surface area contributed by atoms with Gasteiger partial charge in [-0.1, -0.05) is 68.1 Å². The first-order chi connectivity index (χ1) is 21.6. The molecule has 45 heavy (non-hydrogen) atoms. The summed E-state index contributed by atoms with van der Waals surface area (Å²) >= 11 is 23.4. The lowest BCUT2D eigenvalue weighted by atomic mass is 9.95. The first kappa shape index (κ1) is 33.1. The standard InChI is InChI=1S/C32H26BrCl3N2O6S/c1-5-43-31(40)28-16(2)37-32-38(29(28)20-13-25(41-3)26(42-4)14-21(20)33)30(39)27(45-32)12-18-11-19(34)7-9-24(18)44-15-17-6-8-22(35)23(36)10-17/h6-14,29H,5,15H2,1-4H3/b27-12-/t29-/m1/s1. The van der Waals surface area contributed by atoms with E-state index in [1.54, 1.807) is 62.4 Å². The zero-order chi connectivity index (χ0) is 32.4. The lowest BCUT2D eigenvalue weighted by molar-refractivity contribution is -0.139. The Hall–Kier alpha value is -3.28. The number of benzene rings is 3. The SMILES string of the molecule is CCOC(=O)C1=C(C)N=c2s/c(=C\c3cc(Cl)ccc3OCc3ccc(Cl)c(Cl)c3)c(=O)n2[C@@H]1c1cc(OC)c(OC)cc1Br. The molecule has 0 radical (unpaired) electrons. The normalized spacial score (nSPS) is 14.6. The highest BCUT2D eigenvalue weighted by Crippen LogP contribution is 2.41. The van der Waals surface area contributed by atoms with Crippen molar-refractivity contribution in [1.29, 1.82) is 0 Å². The van der Waals surface area contributed by atoms with Crippen LogP contribution in [0.15, 0.2) is 74.1 Å². The number of carbonyl (C=O) groups excluding carboxylic acids is 1.